The number of benzene rings is 2. The molecule has 0 unspecified atom stereocenters. The molecule has 0 fully saturated rings. The number of hydrogen-bond donors (Lipinski definition) is 2. The smallest absolute Gasteiger partial charge is 0.231 e. The summed E-state index contributed by atoms with van der Waals surface area (Å²) in [6.07, 6.45) is 1.15. The van der Waals surface area contributed by atoms with E-state index in [0.717, 1.165) is 6.26 Å². The maximum Gasteiger partial charge on any atom is 0.231 e. The van der Waals surface area contributed by atoms with Gasteiger partial charge in [-0.2, -0.15) is 0 Å². The molecule has 0 aliphatic carbocycles. The molecular formula is C14H11N3O3S3. The third-order valence-electron chi connectivity index (χ3n) is 3.01. The number of phenolic OH excluding ortho intramolecular Hbond substituents is 1. The largest absolute Gasteiger partial charge is 0.506 e. The van der Waals surface area contributed by atoms with Crippen molar-refractivity contribution in [2.24, 2.45) is 10.2 Å². The summed E-state index contributed by atoms with van der Waals surface area (Å²) in [6, 6.07) is 9.53. The molecule has 0 bridgehead atoms. The molecular weight excluding hydrogens is 354 g/mol. The highest BCUT2D eigenvalue weighted by Crippen LogP contribution is 2.36. The van der Waals surface area contributed by atoms with Crippen molar-refractivity contribution in [3.05, 3.63) is 36.4 Å². The van der Waals surface area contributed by atoms with Crippen LogP contribution < -0.4 is 0 Å². The van der Waals surface area contributed by atoms with Crippen molar-refractivity contribution in [3.63, 3.8) is 0 Å². The predicted octanol–water partition coefficient (Wildman–Crippen LogP) is 4.11. The Morgan fingerprint density at radius 3 is 2.70 bits per heavy atom. The Hall–Kier alpha value is -1.97. The molecule has 0 amide bonds. The van der Waals surface area contributed by atoms with E-state index in [9.17, 15) is 13.5 Å². The summed E-state index contributed by atoms with van der Waals surface area (Å²) < 4.78 is 23.8. The molecule has 23 heavy (non-hydrogen) atoms. The van der Waals surface area contributed by atoms with Crippen LogP contribution in [-0.4, -0.2) is 24.8 Å². The van der Waals surface area contributed by atoms with E-state index in [1.807, 2.05) is 0 Å². The number of azo groups is 1. The van der Waals surface area contributed by atoms with Crippen LogP contribution in [0.1, 0.15) is 0 Å². The van der Waals surface area contributed by atoms with Crippen molar-refractivity contribution in [3.8, 4) is 5.75 Å². The molecule has 1 aromatic heterocycles. The van der Waals surface area contributed by atoms with Gasteiger partial charge in [0.15, 0.2) is 9.84 Å². The minimum Gasteiger partial charge on any atom is -0.506 e. The van der Waals surface area contributed by atoms with Gasteiger partial charge < -0.3 is 5.11 Å². The number of thiol groups is 1. The maximum atomic E-state index is 11.6. The topological polar surface area (TPSA) is 92.0 Å². The van der Waals surface area contributed by atoms with Gasteiger partial charge in [-0.25, -0.2) is 13.4 Å². The summed E-state index contributed by atoms with van der Waals surface area (Å²) in [5, 5.41) is 18.1. The summed E-state index contributed by atoms with van der Waals surface area (Å²) in [6.45, 7) is 0. The van der Waals surface area contributed by atoms with Crippen LogP contribution in [0.5, 0.6) is 5.75 Å². The zero-order valence-electron chi connectivity index (χ0n) is 11.8. The Morgan fingerprint density at radius 1 is 1.22 bits per heavy atom. The number of hydrogen-bond acceptors (Lipinski definition) is 8. The third-order valence-corrected chi connectivity index (χ3v) is 5.38. The van der Waals surface area contributed by atoms with Gasteiger partial charge in [-0.3, -0.25) is 0 Å². The Labute approximate surface area is 141 Å². The van der Waals surface area contributed by atoms with E-state index < -0.39 is 9.84 Å². The molecule has 3 rings (SSSR count). The van der Waals surface area contributed by atoms with Crippen molar-refractivity contribution < 1.29 is 13.5 Å². The highest BCUT2D eigenvalue weighted by Gasteiger charge is 2.11. The van der Waals surface area contributed by atoms with Crippen LogP contribution in [0.2, 0.25) is 0 Å². The number of rotatable bonds is 3. The fourth-order valence-electron chi connectivity index (χ4n) is 1.88. The van der Waals surface area contributed by atoms with Gasteiger partial charge in [0.25, 0.3) is 0 Å². The van der Waals surface area contributed by atoms with Crippen LogP contribution >= 0.6 is 24.0 Å². The summed E-state index contributed by atoms with van der Waals surface area (Å²) in [4.78, 5) is 4.99. The quantitative estimate of drug-likeness (QED) is 0.540. The number of aromatic nitrogens is 1. The van der Waals surface area contributed by atoms with Gasteiger partial charge in [0.05, 0.1) is 15.1 Å². The molecule has 118 valence electrons. The number of thiazole rings is 1. The predicted molar refractivity (Wildman–Crippen MR) is 92.3 cm³/mol. The van der Waals surface area contributed by atoms with Crippen molar-refractivity contribution in [1.29, 1.82) is 0 Å². The van der Waals surface area contributed by atoms with Gasteiger partial charge in [0, 0.05) is 11.2 Å². The van der Waals surface area contributed by atoms with Crippen LogP contribution in [-0.2, 0) is 9.84 Å². The Balaban J connectivity index is 2.00. The number of phenols is 1. The first-order chi connectivity index (χ1) is 10.8. The second-order valence-corrected chi connectivity index (χ2v) is 8.25. The van der Waals surface area contributed by atoms with Crippen molar-refractivity contribution >= 4 is 54.8 Å². The Morgan fingerprint density at radius 2 is 2.00 bits per heavy atom. The lowest BCUT2D eigenvalue weighted by molar-refractivity contribution is 0.475. The van der Waals surface area contributed by atoms with Gasteiger partial charge in [-0.1, -0.05) is 17.4 Å². The zero-order valence-corrected chi connectivity index (χ0v) is 14.4. The fraction of sp³-hybridized carbons (Fsp3) is 0.0714. The Bertz CT molecular complexity index is 1010. The summed E-state index contributed by atoms with van der Waals surface area (Å²) in [5.74, 6) is -0.0262. The summed E-state index contributed by atoms with van der Waals surface area (Å²) in [7, 11) is -3.27. The van der Waals surface area contributed by atoms with Crippen LogP contribution in [0.15, 0.2) is 56.4 Å². The molecule has 0 spiro atoms. The van der Waals surface area contributed by atoms with Gasteiger partial charge in [-0.05, 0) is 30.3 Å². The maximum absolute atomic E-state index is 11.6. The minimum atomic E-state index is -3.27. The number of fused-ring (bicyclic) bond motifs is 1. The number of aromatic hydroxyl groups is 1. The van der Waals surface area contributed by atoms with Crippen molar-refractivity contribution in [2.75, 3.05) is 6.26 Å². The average molecular weight is 365 g/mol. The molecule has 3 aromatic rings. The van der Waals surface area contributed by atoms with Gasteiger partial charge in [-0.15, -0.1) is 22.9 Å². The van der Waals surface area contributed by atoms with E-state index in [1.165, 1.54) is 23.5 Å². The molecule has 0 saturated carbocycles. The van der Waals surface area contributed by atoms with Gasteiger partial charge in [0.2, 0.25) is 5.13 Å². The van der Waals surface area contributed by atoms with Crippen LogP contribution in [0.4, 0.5) is 10.8 Å². The lowest BCUT2D eigenvalue weighted by atomic mass is 10.3. The molecule has 0 atom stereocenters. The summed E-state index contributed by atoms with van der Waals surface area (Å²) in [5.41, 5.74) is 0.895. The van der Waals surface area contributed by atoms with E-state index in [2.05, 4.69) is 27.8 Å². The lowest BCUT2D eigenvalue weighted by Gasteiger charge is -1.99. The molecule has 1 heterocycles. The van der Waals surface area contributed by atoms with E-state index in [-0.39, 0.29) is 16.3 Å². The average Bonchev–Trinajstić information content (AvgIpc) is 2.87. The van der Waals surface area contributed by atoms with Gasteiger partial charge in [0.1, 0.15) is 11.4 Å². The van der Waals surface area contributed by atoms with Crippen molar-refractivity contribution in [1.82, 2.24) is 4.98 Å². The molecule has 0 aliphatic heterocycles. The minimum absolute atomic E-state index is 0.0262. The monoisotopic (exact) mass is 365 g/mol. The highest BCUT2D eigenvalue weighted by molar-refractivity contribution is 7.90. The summed E-state index contributed by atoms with van der Waals surface area (Å²) >= 11 is 5.43. The van der Waals surface area contributed by atoms with Crippen LogP contribution in [0.3, 0.4) is 0 Å². The number of nitrogens with zero attached hydrogens (tertiary/aromatic N) is 3. The molecule has 0 aliphatic rings. The lowest BCUT2D eigenvalue weighted by Crippen LogP contribution is -1.95. The second kappa shape index (κ2) is 5.91. The zero-order chi connectivity index (χ0) is 16.6. The highest BCUT2D eigenvalue weighted by atomic mass is 32.2. The fourth-order valence-corrected chi connectivity index (χ4v) is 3.67. The Kier molecular flexibility index (Phi) is 4.09. The molecule has 1 N–H and O–H groups in total. The van der Waals surface area contributed by atoms with E-state index in [0.29, 0.717) is 20.2 Å². The normalized spacial score (nSPS) is 12.3. The molecule has 0 saturated heterocycles. The van der Waals surface area contributed by atoms with Crippen LogP contribution in [0, 0.1) is 0 Å². The molecule has 0 radical (unpaired) electrons. The molecule has 2 aromatic carbocycles. The van der Waals surface area contributed by atoms with Crippen LogP contribution in [0.25, 0.3) is 10.2 Å². The third kappa shape index (κ3) is 3.36. The first kappa shape index (κ1) is 15.9. The molecule has 6 nitrogen and oxygen atoms in total. The van der Waals surface area contributed by atoms with Gasteiger partial charge >= 0.3 is 0 Å². The standard InChI is InChI=1S/C14H11N3O3S3/c1-23(19,20)8-5-6-9-12(7-8)22-14(15-9)17-16-13-10(18)3-2-4-11(13)21/h2-7,18,21H,1H3/b17-16+. The molecule has 9 heteroatoms. The van der Waals surface area contributed by atoms with Crippen molar-refractivity contribution in [2.45, 2.75) is 9.79 Å². The first-order valence-corrected chi connectivity index (χ1v) is 9.53. The first-order valence-electron chi connectivity index (χ1n) is 6.38. The van der Waals surface area contributed by atoms with E-state index in [1.54, 1.807) is 24.3 Å². The van der Waals surface area contributed by atoms with E-state index >= 15 is 0 Å². The second-order valence-electron chi connectivity index (χ2n) is 4.74. The number of sulfone groups is 1. The van der Waals surface area contributed by atoms with E-state index in [4.69, 9.17) is 0 Å². The SMILES string of the molecule is CS(=O)(=O)c1ccc2nc(/N=N/c3c(O)cccc3S)sc2c1.